The van der Waals surface area contributed by atoms with Crippen molar-refractivity contribution < 1.29 is 9.59 Å². The Morgan fingerprint density at radius 1 is 0.733 bits per heavy atom. The molecule has 1 saturated carbocycles. The lowest BCUT2D eigenvalue weighted by molar-refractivity contribution is -0.126. The second-order valence-corrected chi connectivity index (χ2v) is 9.80. The Kier molecular flexibility index (Phi) is 5.01. The van der Waals surface area contributed by atoms with Gasteiger partial charge in [0.15, 0.2) is 0 Å². The average molecular weight is 453 g/mol. The second-order valence-electron chi connectivity index (χ2n) is 7.91. The zero-order valence-electron chi connectivity index (χ0n) is 16.0. The van der Waals surface area contributed by atoms with Crippen molar-refractivity contribution in [3.05, 3.63) is 99.5 Å². The molecule has 150 valence electrons. The number of hydrogen-bond donors (Lipinski definition) is 0. The first-order valence-electron chi connectivity index (χ1n) is 9.84. The van der Waals surface area contributed by atoms with Crippen LogP contribution in [0.25, 0.3) is 0 Å². The highest BCUT2D eigenvalue weighted by molar-refractivity contribution is 8.14. The van der Waals surface area contributed by atoms with Gasteiger partial charge < -0.3 is 0 Å². The molecule has 0 radical (unpaired) electrons. The van der Waals surface area contributed by atoms with E-state index in [0.29, 0.717) is 22.9 Å². The molecule has 0 bridgehead atoms. The standard InChI is InChI=1S/C25H18Cl2O2S/c26-17-9-5-15(6-10-17)21-13-19(28)14-22(16-7-11-18(27)12-8-16)25(21)20-3-1-2-4-23(20)30-24(25)29/h1-12,21-22H,13-14H2/t21-,22-/m1/s1. The van der Waals surface area contributed by atoms with Gasteiger partial charge in [-0.05, 0) is 47.0 Å². The van der Waals surface area contributed by atoms with Crippen LogP contribution in [-0.4, -0.2) is 10.9 Å². The summed E-state index contributed by atoms with van der Waals surface area (Å²) < 4.78 is 0. The summed E-state index contributed by atoms with van der Waals surface area (Å²) >= 11 is 13.6. The van der Waals surface area contributed by atoms with Gasteiger partial charge in [-0.15, -0.1) is 0 Å². The molecule has 0 aromatic heterocycles. The van der Waals surface area contributed by atoms with Crippen molar-refractivity contribution in [3.8, 4) is 0 Å². The van der Waals surface area contributed by atoms with Gasteiger partial charge in [-0.2, -0.15) is 0 Å². The molecule has 2 aliphatic rings. The van der Waals surface area contributed by atoms with E-state index in [2.05, 4.69) is 6.07 Å². The minimum atomic E-state index is -0.809. The number of benzene rings is 3. The molecular formula is C25H18Cl2O2S. The summed E-state index contributed by atoms with van der Waals surface area (Å²) in [4.78, 5) is 27.7. The Hall–Kier alpha value is -2.07. The Bertz CT molecular complexity index is 1080. The number of halogens is 2. The monoisotopic (exact) mass is 452 g/mol. The van der Waals surface area contributed by atoms with Gasteiger partial charge in [0.25, 0.3) is 0 Å². The van der Waals surface area contributed by atoms with Crippen LogP contribution in [0.2, 0.25) is 10.0 Å². The quantitative estimate of drug-likeness (QED) is 0.428. The lowest BCUT2D eigenvalue weighted by Gasteiger charge is -2.46. The van der Waals surface area contributed by atoms with Crippen LogP contribution >= 0.6 is 35.0 Å². The molecule has 3 aromatic rings. The fourth-order valence-corrected chi connectivity index (χ4v) is 6.62. The van der Waals surface area contributed by atoms with E-state index in [9.17, 15) is 9.59 Å². The predicted molar refractivity (Wildman–Crippen MR) is 122 cm³/mol. The minimum absolute atomic E-state index is 0.107. The van der Waals surface area contributed by atoms with Gasteiger partial charge in [0, 0.05) is 39.6 Å². The van der Waals surface area contributed by atoms with Crippen LogP contribution < -0.4 is 0 Å². The van der Waals surface area contributed by atoms with Gasteiger partial charge in [0.05, 0.1) is 5.41 Å². The topological polar surface area (TPSA) is 34.1 Å². The Labute approximate surface area is 189 Å². The van der Waals surface area contributed by atoms with Crippen LogP contribution in [0.4, 0.5) is 0 Å². The molecule has 5 heteroatoms. The van der Waals surface area contributed by atoms with Crippen LogP contribution in [-0.2, 0) is 15.0 Å². The molecule has 0 amide bonds. The molecule has 5 rings (SSSR count). The fourth-order valence-electron chi connectivity index (χ4n) is 5.11. The van der Waals surface area contributed by atoms with Gasteiger partial charge in [-0.25, -0.2) is 0 Å². The lowest BCUT2D eigenvalue weighted by atomic mass is 9.54. The lowest BCUT2D eigenvalue weighted by Crippen LogP contribution is -2.48. The summed E-state index contributed by atoms with van der Waals surface area (Å²) in [6, 6.07) is 23.1. The van der Waals surface area contributed by atoms with Gasteiger partial charge in [-0.3, -0.25) is 9.59 Å². The van der Waals surface area contributed by atoms with E-state index in [0.717, 1.165) is 21.6 Å². The van der Waals surface area contributed by atoms with Crippen LogP contribution in [0.1, 0.15) is 41.4 Å². The van der Waals surface area contributed by atoms with Crippen LogP contribution in [0.3, 0.4) is 0 Å². The normalized spacial score (nSPS) is 22.3. The molecular weight excluding hydrogens is 435 g/mol. The first-order chi connectivity index (χ1) is 14.5. The van der Waals surface area contributed by atoms with Crippen molar-refractivity contribution in [1.82, 2.24) is 0 Å². The molecule has 1 spiro atoms. The molecule has 1 aliphatic heterocycles. The summed E-state index contributed by atoms with van der Waals surface area (Å²) in [5.74, 6) is -0.330. The Morgan fingerprint density at radius 3 is 1.77 bits per heavy atom. The summed E-state index contributed by atoms with van der Waals surface area (Å²) in [5.41, 5.74) is 2.15. The van der Waals surface area contributed by atoms with Gasteiger partial charge >= 0.3 is 0 Å². The molecule has 2 nitrogen and oxygen atoms in total. The first-order valence-corrected chi connectivity index (χ1v) is 11.4. The summed E-state index contributed by atoms with van der Waals surface area (Å²) in [7, 11) is 0. The number of carbonyl (C=O) groups is 2. The fraction of sp³-hybridized carbons (Fsp3) is 0.200. The average Bonchev–Trinajstić information content (AvgIpc) is 3.03. The summed E-state index contributed by atoms with van der Waals surface area (Å²) in [5, 5.41) is 1.38. The molecule has 3 aromatic carbocycles. The molecule has 1 aliphatic carbocycles. The maximum atomic E-state index is 13.8. The molecule has 0 unspecified atom stereocenters. The number of fused-ring (bicyclic) bond motifs is 2. The minimum Gasteiger partial charge on any atom is -0.300 e. The van der Waals surface area contributed by atoms with E-state index in [-0.39, 0.29) is 22.7 Å². The van der Waals surface area contributed by atoms with Crippen LogP contribution in [0.5, 0.6) is 0 Å². The van der Waals surface area contributed by atoms with Crippen molar-refractivity contribution in [2.45, 2.75) is 35.0 Å². The van der Waals surface area contributed by atoms with Crippen molar-refractivity contribution in [2.24, 2.45) is 0 Å². The molecule has 0 N–H and O–H groups in total. The highest BCUT2D eigenvalue weighted by Gasteiger charge is 2.60. The Morgan fingerprint density at radius 2 is 1.23 bits per heavy atom. The third-order valence-corrected chi connectivity index (χ3v) is 7.98. The van der Waals surface area contributed by atoms with Crippen molar-refractivity contribution >= 4 is 45.9 Å². The number of Topliss-reactive ketones (excluding diaryl/α,β-unsaturated/α-hetero) is 1. The molecule has 2 atom stereocenters. The van der Waals surface area contributed by atoms with E-state index in [1.807, 2.05) is 66.7 Å². The van der Waals surface area contributed by atoms with Crippen molar-refractivity contribution in [3.63, 3.8) is 0 Å². The number of ketones is 1. The van der Waals surface area contributed by atoms with Gasteiger partial charge in [0.1, 0.15) is 5.78 Å². The molecule has 30 heavy (non-hydrogen) atoms. The van der Waals surface area contributed by atoms with Crippen LogP contribution in [0, 0.1) is 0 Å². The summed E-state index contributed by atoms with van der Waals surface area (Å²) in [6.45, 7) is 0. The van der Waals surface area contributed by atoms with E-state index in [1.54, 1.807) is 0 Å². The maximum Gasteiger partial charge on any atom is 0.205 e. The van der Waals surface area contributed by atoms with E-state index >= 15 is 0 Å². The first kappa shape index (κ1) is 19.9. The summed E-state index contributed by atoms with van der Waals surface area (Å²) in [6.07, 6.45) is 0.679. The van der Waals surface area contributed by atoms with Crippen LogP contribution in [0.15, 0.2) is 77.7 Å². The van der Waals surface area contributed by atoms with Crippen molar-refractivity contribution in [1.29, 1.82) is 0 Å². The zero-order chi connectivity index (χ0) is 20.9. The second kappa shape index (κ2) is 7.56. The van der Waals surface area contributed by atoms with E-state index in [1.165, 1.54) is 11.8 Å². The predicted octanol–water partition coefficient (Wildman–Crippen LogP) is 6.79. The van der Waals surface area contributed by atoms with E-state index in [4.69, 9.17) is 23.2 Å². The number of hydrogen-bond acceptors (Lipinski definition) is 3. The smallest absolute Gasteiger partial charge is 0.205 e. The van der Waals surface area contributed by atoms with Gasteiger partial charge in [0.2, 0.25) is 5.12 Å². The SMILES string of the molecule is O=C1C[C@H](c2ccc(Cl)cc2)C2(C(=O)Sc3ccccc32)[C@@H](c2ccc(Cl)cc2)C1. The third kappa shape index (κ3) is 3.03. The highest BCUT2D eigenvalue weighted by Crippen LogP contribution is 2.62. The largest absolute Gasteiger partial charge is 0.300 e. The third-order valence-electron chi connectivity index (χ3n) is 6.38. The zero-order valence-corrected chi connectivity index (χ0v) is 18.3. The molecule has 1 heterocycles. The number of thioether (sulfide) groups is 1. The molecule has 1 fully saturated rings. The number of carbonyl (C=O) groups excluding carboxylic acids is 2. The Balaban J connectivity index is 1.78. The maximum absolute atomic E-state index is 13.8. The van der Waals surface area contributed by atoms with Crippen molar-refractivity contribution in [2.75, 3.05) is 0 Å². The number of rotatable bonds is 2. The molecule has 0 saturated heterocycles. The van der Waals surface area contributed by atoms with Gasteiger partial charge in [-0.1, -0.05) is 77.4 Å². The highest BCUT2D eigenvalue weighted by atomic mass is 35.5. The van der Waals surface area contributed by atoms with E-state index < -0.39 is 5.41 Å².